The third kappa shape index (κ3) is 3.70. The van der Waals surface area contributed by atoms with Crippen molar-refractivity contribution >= 4 is 33.8 Å². The molecule has 0 aliphatic heterocycles. The Morgan fingerprint density at radius 3 is 2.42 bits per heavy atom. The minimum Gasteiger partial charge on any atom is -0.481 e. The SMILES string of the molecule is COc1cc(-c2ccc(C)s2)c2cc(C(O)(c3ccc(Cl)cc3)c3cncn3C)ccc2n1. The number of ether oxygens (including phenoxy) is 1. The molecule has 166 valence electrons. The predicted molar refractivity (Wildman–Crippen MR) is 133 cm³/mol. The van der Waals surface area contributed by atoms with Gasteiger partial charge in [-0.2, -0.15) is 0 Å². The molecular weight excluding hydrogens is 454 g/mol. The summed E-state index contributed by atoms with van der Waals surface area (Å²) in [5.74, 6) is 0.552. The number of imidazole rings is 1. The van der Waals surface area contributed by atoms with E-state index in [1.54, 1.807) is 43.1 Å². The van der Waals surface area contributed by atoms with Crippen LogP contribution >= 0.6 is 22.9 Å². The van der Waals surface area contributed by atoms with Gasteiger partial charge in [0.25, 0.3) is 0 Å². The van der Waals surface area contributed by atoms with E-state index in [4.69, 9.17) is 16.3 Å². The Bertz CT molecular complexity index is 1460. The molecule has 1 atom stereocenters. The first-order valence-electron chi connectivity index (χ1n) is 10.4. The van der Waals surface area contributed by atoms with E-state index in [2.05, 4.69) is 29.0 Å². The monoisotopic (exact) mass is 475 g/mol. The molecule has 0 saturated carbocycles. The highest BCUT2D eigenvalue weighted by atomic mass is 35.5. The number of hydrogen-bond acceptors (Lipinski definition) is 5. The first-order valence-corrected chi connectivity index (χ1v) is 11.6. The highest BCUT2D eigenvalue weighted by molar-refractivity contribution is 7.15. The number of aromatic nitrogens is 3. The number of aliphatic hydroxyl groups is 1. The Morgan fingerprint density at radius 2 is 1.79 bits per heavy atom. The Hall–Kier alpha value is -3.19. The maximum Gasteiger partial charge on any atom is 0.214 e. The lowest BCUT2D eigenvalue weighted by molar-refractivity contribution is 0.117. The number of aryl methyl sites for hydroxylation is 2. The van der Waals surface area contributed by atoms with Gasteiger partial charge in [-0.1, -0.05) is 29.8 Å². The van der Waals surface area contributed by atoms with Crippen LogP contribution in [0, 0.1) is 6.92 Å². The third-order valence-corrected chi connectivity index (χ3v) is 7.15. The number of thiophene rings is 1. The predicted octanol–water partition coefficient (Wildman–Crippen LogP) is 5.95. The number of benzene rings is 2. The normalized spacial score (nSPS) is 13.2. The lowest BCUT2D eigenvalue weighted by atomic mass is 9.82. The van der Waals surface area contributed by atoms with E-state index >= 15 is 0 Å². The quantitative estimate of drug-likeness (QED) is 0.341. The lowest BCUT2D eigenvalue weighted by Gasteiger charge is -2.30. The topological polar surface area (TPSA) is 60.2 Å². The number of pyridine rings is 1. The van der Waals surface area contributed by atoms with Crippen LogP contribution in [0.2, 0.25) is 5.02 Å². The largest absolute Gasteiger partial charge is 0.481 e. The van der Waals surface area contributed by atoms with Gasteiger partial charge in [0.2, 0.25) is 5.88 Å². The van der Waals surface area contributed by atoms with Crippen molar-refractivity contribution < 1.29 is 9.84 Å². The zero-order chi connectivity index (χ0) is 23.2. The minimum absolute atomic E-state index is 0.552. The van der Waals surface area contributed by atoms with Gasteiger partial charge in [-0.15, -0.1) is 11.3 Å². The molecule has 0 spiro atoms. The third-order valence-electron chi connectivity index (χ3n) is 5.87. The van der Waals surface area contributed by atoms with Gasteiger partial charge in [0.05, 0.1) is 30.8 Å². The molecule has 5 nitrogen and oxygen atoms in total. The lowest BCUT2D eigenvalue weighted by Crippen LogP contribution is -2.31. The average Bonchev–Trinajstić information content (AvgIpc) is 3.46. The molecule has 0 aliphatic carbocycles. The summed E-state index contributed by atoms with van der Waals surface area (Å²) in [5.41, 5.74) is 2.43. The molecule has 0 bridgehead atoms. The maximum absolute atomic E-state index is 12.3. The summed E-state index contributed by atoms with van der Waals surface area (Å²) in [4.78, 5) is 11.2. The van der Waals surface area contributed by atoms with Gasteiger partial charge in [0.15, 0.2) is 5.60 Å². The first kappa shape index (κ1) is 21.6. The van der Waals surface area contributed by atoms with Crippen LogP contribution in [0.15, 0.2) is 73.2 Å². The molecule has 0 saturated heterocycles. The van der Waals surface area contributed by atoms with E-state index < -0.39 is 5.60 Å². The van der Waals surface area contributed by atoms with Gasteiger partial charge in [0.1, 0.15) is 0 Å². The standard InChI is InChI=1S/C26H22ClN3O2S/c1-16-4-11-23(33-16)21-13-25(32-3)29-22-10-7-18(12-20(21)22)26(31,24-14-28-15-30(24)2)17-5-8-19(27)9-6-17/h4-15,31H,1-3H3. The van der Waals surface area contributed by atoms with Crippen molar-refractivity contribution in [1.82, 2.24) is 14.5 Å². The summed E-state index contributed by atoms with van der Waals surface area (Å²) in [5, 5.41) is 13.8. The van der Waals surface area contributed by atoms with Crippen LogP contribution in [0.25, 0.3) is 21.3 Å². The fourth-order valence-corrected chi connectivity index (χ4v) is 5.20. The Morgan fingerprint density at radius 1 is 1.03 bits per heavy atom. The van der Waals surface area contributed by atoms with Gasteiger partial charge >= 0.3 is 0 Å². The second-order valence-corrected chi connectivity index (χ2v) is 9.69. The molecule has 0 amide bonds. The van der Waals surface area contributed by atoms with E-state index in [0.29, 0.717) is 27.7 Å². The number of rotatable bonds is 5. The molecule has 3 aromatic heterocycles. The second kappa shape index (κ2) is 8.30. The van der Waals surface area contributed by atoms with Crippen LogP contribution in [0.4, 0.5) is 0 Å². The van der Waals surface area contributed by atoms with Crippen molar-refractivity contribution in [2.24, 2.45) is 7.05 Å². The zero-order valence-electron chi connectivity index (χ0n) is 18.4. The molecule has 5 aromatic rings. The number of fused-ring (bicyclic) bond motifs is 1. The summed E-state index contributed by atoms with van der Waals surface area (Å²) in [6.07, 6.45) is 3.37. The van der Waals surface area contributed by atoms with Crippen molar-refractivity contribution in [3.63, 3.8) is 0 Å². The Kier molecular flexibility index (Phi) is 5.44. The summed E-state index contributed by atoms with van der Waals surface area (Å²) >= 11 is 7.85. The zero-order valence-corrected chi connectivity index (χ0v) is 20.0. The van der Waals surface area contributed by atoms with E-state index in [-0.39, 0.29) is 0 Å². The summed E-state index contributed by atoms with van der Waals surface area (Å²) in [6.45, 7) is 2.09. The molecular formula is C26H22ClN3O2S. The van der Waals surface area contributed by atoms with Gasteiger partial charge in [0, 0.05) is 38.8 Å². The van der Waals surface area contributed by atoms with Crippen LogP contribution in [0.5, 0.6) is 5.88 Å². The Balaban J connectivity index is 1.80. The molecule has 3 heterocycles. The molecule has 0 radical (unpaired) electrons. The highest BCUT2D eigenvalue weighted by Gasteiger charge is 2.37. The second-order valence-electron chi connectivity index (χ2n) is 7.96. The number of methoxy groups -OCH3 is 1. The molecule has 33 heavy (non-hydrogen) atoms. The van der Waals surface area contributed by atoms with Gasteiger partial charge in [-0.05, 0) is 54.4 Å². The van der Waals surface area contributed by atoms with E-state index in [1.807, 2.05) is 48.0 Å². The molecule has 2 aromatic carbocycles. The van der Waals surface area contributed by atoms with Crippen LogP contribution in [0.1, 0.15) is 21.7 Å². The van der Waals surface area contributed by atoms with Crippen LogP contribution < -0.4 is 4.74 Å². The Labute approximate surface area is 200 Å². The molecule has 0 aliphatic rings. The minimum atomic E-state index is -1.44. The van der Waals surface area contributed by atoms with Gasteiger partial charge in [-0.25, -0.2) is 9.97 Å². The molecule has 1 N–H and O–H groups in total. The highest BCUT2D eigenvalue weighted by Crippen LogP contribution is 2.41. The van der Waals surface area contributed by atoms with Crippen LogP contribution in [0.3, 0.4) is 0 Å². The van der Waals surface area contributed by atoms with Crippen molar-refractivity contribution in [1.29, 1.82) is 0 Å². The first-order chi connectivity index (χ1) is 15.9. The molecule has 5 rings (SSSR count). The fraction of sp³-hybridized carbons (Fsp3) is 0.154. The summed E-state index contributed by atoms with van der Waals surface area (Å²) in [7, 11) is 3.49. The van der Waals surface area contributed by atoms with E-state index in [1.165, 1.54) is 4.88 Å². The smallest absolute Gasteiger partial charge is 0.214 e. The number of hydrogen-bond donors (Lipinski definition) is 1. The molecule has 1 unspecified atom stereocenters. The van der Waals surface area contributed by atoms with Crippen molar-refractivity contribution in [2.45, 2.75) is 12.5 Å². The van der Waals surface area contributed by atoms with Gasteiger partial charge < -0.3 is 14.4 Å². The maximum atomic E-state index is 12.3. The van der Waals surface area contributed by atoms with E-state index in [0.717, 1.165) is 21.3 Å². The van der Waals surface area contributed by atoms with Crippen molar-refractivity contribution in [2.75, 3.05) is 7.11 Å². The van der Waals surface area contributed by atoms with Crippen LogP contribution in [-0.4, -0.2) is 26.8 Å². The van der Waals surface area contributed by atoms with Crippen molar-refractivity contribution in [3.8, 4) is 16.3 Å². The number of nitrogens with zero attached hydrogens (tertiary/aromatic N) is 3. The van der Waals surface area contributed by atoms with Crippen molar-refractivity contribution in [3.05, 3.63) is 99.9 Å². The van der Waals surface area contributed by atoms with Gasteiger partial charge in [-0.3, -0.25) is 0 Å². The van der Waals surface area contributed by atoms with Crippen LogP contribution in [-0.2, 0) is 12.6 Å². The van der Waals surface area contributed by atoms with E-state index in [9.17, 15) is 5.11 Å². The molecule has 7 heteroatoms. The summed E-state index contributed by atoms with van der Waals surface area (Å²) < 4.78 is 7.29. The number of halogens is 1. The average molecular weight is 476 g/mol. The fourth-order valence-electron chi connectivity index (χ4n) is 4.17. The summed E-state index contributed by atoms with van der Waals surface area (Å²) in [6, 6.07) is 19.2. The molecule has 0 fully saturated rings.